The fraction of sp³-hybridized carbons (Fsp3) is 0.462. The van der Waals surface area contributed by atoms with Gasteiger partial charge in [-0.1, -0.05) is 30.1 Å². The highest BCUT2D eigenvalue weighted by molar-refractivity contribution is 6.43. The van der Waals surface area contributed by atoms with Crippen LogP contribution in [-0.4, -0.2) is 20.2 Å². The minimum absolute atomic E-state index is 0.0275. The van der Waals surface area contributed by atoms with Crippen molar-refractivity contribution in [3.63, 3.8) is 0 Å². The van der Waals surface area contributed by atoms with Gasteiger partial charge in [0.1, 0.15) is 0 Å². The zero-order valence-electron chi connectivity index (χ0n) is 11.1. The van der Waals surface area contributed by atoms with Gasteiger partial charge >= 0.3 is 0 Å². The topological polar surface area (TPSA) is 69.6 Å². The average Bonchev–Trinajstić information content (AvgIpc) is 2.84. The Hall–Kier alpha value is -1.33. The molecular weight excluding hydrogens is 297 g/mol. The summed E-state index contributed by atoms with van der Waals surface area (Å²) in [5.41, 5.74) is 7.13. The molecule has 106 valence electrons. The maximum Gasteiger partial charge on any atom is 0.182 e. The molecule has 0 radical (unpaired) electrons. The number of hydrogen-bond donors (Lipinski definition) is 1. The third-order valence-corrected chi connectivity index (χ3v) is 4.99. The van der Waals surface area contributed by atoms with Crippen molar-refractivity contribution in [2.45, 2.75) is 38.1 Å². The Morgan fingerprint density at radius 2 is 2.10 bits per heavy atom. The van der Waals surface area contributed by atoms with Crippen molar-refractivity contribution in [1.29, 1.82) is 0 Å². The van der Waals surface area contributed by atoms with E-state index in [0.717, 1.165) is 24.8 Å². The Morgan fingerprint density at radius 1 is 1.35 bits per heavy atom. The molecule has 0 spiro atoms. The van der Waals surface area contributed by atoms with E-state index >= 15 is 0 Å². The number of nitrogens with zero attached hydrogens (tertiary/aromatic N) is 4. The molecule has 1 heterocycles. The molecule has 1 aromatic carbocycles. The van der Waals surface area contributed by atoms with Crippen molar-refractivity contribution >= 4 is 28.9 Å². The number of aromatic nitrogens is 4. The molecule has 1 aliphatic rings. The molecule has 2 N–H and O–H groups in total. The van der Waals surface area contributed by atoms with Crippen LogP contribution in [0.15, 0.2) is 12.1 Å². The standard InChI is InChI=1S/C13H15Cl2N5/c1-2-13(4-3-5-13)20-12(17-18-19-20)8-6-9(14)11(15)10(16)7-8/h6-7H,2-5,16H2,1H3. The largest absolute Gasteiger partial charge is 0.397 e. The van der Waals surface area contributed by atoms with E-state index in [1.54, 1.807) is 12.1 Å². The maximum absolute atomic E-state index is 6.09. The van der Waals surface area contributed by atoms with Crippen molar-refractivity contribution in [3.8, 4) is 11.4 Å². The minimum Gasteiger partial charge on any atom is -0.397 e. The number of nitrogens with two attached hydrogens (primary N) is 1. The summed E-state index contributed by atoms with van der Waals surface area (Å²) in [4.78, 5) is 0. The van der Waals surface area contributed by atoms with E-state index in [0.29, 0.717) is 21.6 Å². The van der Waals surface area contributed by atoms with Gasteiger partial charge in [0.15, 0.2) is 5.82 Å². The van der Waals surface area contributed by atoms with Crippen molar-refractivity contribution in [2.24, 2.45) is 0 Å². The summed E-state index contributed by atoms with van der Waals surface area (Å²) in [5, 5.41) is 12.9. The van der Waals surface area contributed by atoms with Gasteiger partial charge < -0.3 is 5.73 Å². The number of hydrogen-bond acceptors (Lipinski definition) is 4. The van der Waals surface area contributed by atoms with Gasteiger partial charge in [0.2, 0.25) is 0 Å². The smallest absolute Gasteiger partial charge is 0.182 e. The highest BCUT2D eigenvalue weighted by atomic mass is 35.5. The minimum atomic E-state index is 0.0275. The Bertz CT molecular complexity index is 619. The molecule has 0 aliphatic heterocycles. The lowest BCUT2D eigenvalue weighted by Crippen LogP contribution is -2.41. The maximum atomic E-state index is 6.09. The quantitative estimate of drug-likeness (QED) is 0.880. The molecule has 3 rings (SSSR count). The zero-order chi connectivity index (χ0) is 14.3. The molecule has 1 saturated carbocycles. The van der Waals surface area contributed by atoms with Gasteiger partial charge in [0.25, 0.3) is 0 Å². The lowest BCUT2D eigenvalue weighted by atomic mass is 9.75. The van der Waals surface area contributed by atoms with E-state index in [1.807, 2.05) is 4.68 Å². The molecule has 5 nitrogen and oxygen atoms in total. The highest BCUT2D eigenvalue weighted by Crippen LogP contribution is 2.43. The molecule has 7 heteroatoms. The van der Waals surface area contributed by atoms with Crippen molar-refractivity contribution in [3.05, 3.63) is 22.2 Å². The number of rotatable bonds is 3. The summed E-state index contributed by atoms with van der Waals surface area (Å²) < 4.78 is 1.91. The molecule has 0 bridgehead atoms. The number of anilines is 1. The fourth-order valence-electron chi connectivity index (χ4n) is 2.73. The number of benzene rings is 1. The fourth-order valence-corrected chi connectivity index (χ4v) is 3.06. The summed E-state index contributed by atoms with van der Waals surface area (Å²) in [6.07, 6.45) is 4.40. The Labute approximate surface area is 127 Å². The van der Waals surface area contributed by atoms with Gasteiger partial charge in [-0.05, 0) is 48.2 Å². The van der Waals surface area contributed by atoms with E-state index in [2.05, 4.69) is 22.4 Å². The van der Waals surface area contributed by atoms with E-state index < -0.39 is 0 Å². The second-order valence-electron chi connectivity index (χ2n) is 5.21. The summed E-state index contributed by atoms with van der Waals surface area (Å²) >= 11 is 12.1. The lowest BCUT2D eigenvalue weighted by molar-refractivity contribution is 0.118. The molecule has 1 fully saturated rings. The van der Waals surface area contributed by atoms with Gasteiger partial charge in [-0.3, -0.25) is 0 Å². The summed E-state index contributed by atoms with van der Waals surface area (Å²) in [6.45, 7) is 2.16. The Morgan fingerprint density at radius 3 is 2.65 bits per heavy atom. The van der Waals surface area contributed by atoms with E-state index in [-0.39, 0.29) is 5.54 Å². The third-order valence-electron chi connectivity index (χ3n) is 4.18. The Balaban J connectivity index is 2.10. The summed E-state index contributed by atoms with van der Waals surface area (Å²) in [5.74, 6) is 0.691. The third kappa shape index (κ3) is 1.96. The summed E-state index contributed by atoms with van der Waals surface area (Å²) in [6, 6.07) is 3.52. The van der Waals surface area contributed by atoms with Crippen LogP contribution in [0, 0.1) is 0 Å². The first-order valence-corrected chi connectivity index (χ1v) is 7.37. The first-order chi connectivity index (χ1) is 9.57. The van der Waals surface area contributed by atoms with Crippen LogP contribution in [0.3, 0.4) is 0 Å². The zero-order valence-corrected chi connectivity index (χ0v) is 12.6. The average molecular weight is 312 g/mol. The molecule has 0 amide bonds. The van der Waals surface area contributed by atoms with Crippen molar-refractivity contribution in [1.82, 2.24) is 20.2 Å². The first-order valence-electron chi connectivity index (χ1n) is 6.61. The molecule has 0 unspecified atom stereocenters. The van der Waals surface area contributed by atoms with Gasteiger partial charge in [-0.2, -0.15) is 0 Å². The van der Waals surface area contributed by atoms with Gasteiger partial charge in [0, 0.05) is 5.56 Å². The van der Waals surface area contributed by atoms with Gasteiger partial charge in [-0.15, -0.1) is 5.10 Å². The second-order valence-corrected chi connectivity index (χ2v) is 5.99. The van der Waals surface area contributed by atoms with Crippen LogP contribution in [-0.2, 0) is 5.54 Å². The normalized spacial score (nSPS) is 16.9. The van der Waals surface area contributed by atoms with Crippen LogP contribution in [0.1, 0.15) is 32.6 Å². The lowest BCUT2D eigenvalue weighted by Gasteiger charge is -2.41. The predicted molar refractivity (Wildman–Crippen MR) is 79.8 cm³/mol. The second kappa shape index (κ2) is 4.90. The summed E-state index contributed by atoms with van der Waals surface area (Å²) in [7, 11) is 0. The van der Waals surface area contributed by atoms with Crippen LogP contribution < -0.4 is 5.73 Å². The van der Waals surface area contributed by atoms with Crippen LogP contribution in [0.5, 0.6) is 0 Å². The predicted octanol–water partition coefficient (Wildman–Crippen LogP) is 3.52. The Kier molecular flexibility index (Phi) is 3.34. The van der Waals surface area contributed by atoms with Gasteiger partial charge in [0.05, 0.1) is 21.3 Å². The molecule has 0 atom stereocenters. The molecule has 2 aromatic rings. The van der Waals surface area contributed by atoms with Crippen LogP contribution in [0.4, 0.5) is 5.69 Å². The number of halogens is 2. The van der Waals surface area contributed by atoms with Gasteiger partial charge in [-0.25, -0.2) is 4.68 Å². The van der Waals surface area contributed by atoms with Crippen LogP contribution in [0.2, 0.25) is 10.0 Å². The molecule has 1 aromatic heterocycles. The molecule has 0 saturated heterocycles. The molecule has 1 aliphatic carbocycles. The number of nitrogen functional groups attached to an aromatic ring is 1. The van der Waals surface area contributed by atoms with E-state index in [4.69, 9.17) is 28.9 Å². The molecule has 20 heavy (non-hydrogen) atoms. The van der Waals surface area contributed by atoms with E-state index in [1.165, 1.54) is 6.42 Å². The SMILES string of the molecule is CCC1(n2nnnc2-c2cc(N)c(Cl)c(Cl)c2)CCC1. The first kappa shape index (κ1) is 13.6. The highest BCUT2D eigenvalue weighted by Gasteiger charge is 2.40. The monoisotopic (exact) mass is 311 g/mol. The van der Waals surface area contributed by atoms with Crippen molar-refractivity contribution in [2.75, 3.05) is 5.73 Å². The van der Waals surface area contributed by atoms with Crippen molar-refractivity contribution < 1.29 is 0 Å². The van der Waals surface area contributed by atoms with E-state index in [9.17, 15) is 0 Å². The molecular formula is C13H15Cl2N5. The number of tetrazole rings is 1. The van der Waals surface area contributed by atoms with Crippen LogP contribution >= 0.6 is 23.2 Å². The van der Waals surface area contributed by atoms with Crippen LogP contribution in [0.25, 0.3) is 11.4 Å².